The minimum atomic E-state index is -0.694. The molecule has 2 aromatic heterocycles. The highest BCUT2D eigenvalue weighted by molar-refractivity contribution is 7.10. The molecule has 0 radical (unpaired) electrons. The fraction of sp³-hybridized carbons (Fsp3) is 0.240. The number of aromatic amines is 1. The van der Waals surface area contributed by atoms with Crippen molar-refractivity contribution in [2.24, 2.45) is 0 Å². The van der Waals surface area contributed by atoms with Crippen LogP contribution in [0.25, 0.3) is 11.0 Å². The second-order valence-corrected chi connectivity index (χ2v) is 8.63. The summed E-state index contributed by atoms with van der Waals surface area (Å²) in [4.78, 5) is 40.9. The standard InChI is InChI=1S/C25H25N3O3S/c1-3-6-16-8-10-17(11-9-16)22(21-7-5-14-32-21)27-23(29)18-12-13-20-19(15-18)26-24(30)25(31)28(20)4-2/h5,7-15,22H,3-4,6H2,1-2H3,(H,26,30)(H,27,29). The number of hydrogen-bond acceptors (Lipinski definition) is 4. The predicted octanol–water partition coefficient (Wildman–Crippen LogP) is 4.24. The summed E-state index contributed by atoms with van der Waals surface area (Å²) in [6.45, 7) is 4.33. The Kier molecular flexibility index (Phi) is 6.37. The van der Waals surface area contributed by atoms with Gasteiger partial charge in [0.25, 0.3) is 5.91 Å². The maximum absolute atomic E-state index is 13.2. The normalized spacial score (nSPS) is 12.1. The van der Waals surface area contributed by atoms with Crippen molar-refractivity contribution < 1.29 is 4.79 Å². The summed E-state index contributed by atoms with van der Waals surface area (Å²) in [7, 11) is 0. The zero-order valence-corrected chi connectivity index (χ0v) is 18.9. The molecule has 0 bridgehead atoms. The molecule has 0 aliphatic rings. The van der Waals surface area contributed by atoms with Crippen molar-refractivity contribution in [1.82, 2.24) is 14.9 Å². The molecule has 0 aliphatic carbocycles. The van der Waals surface area contributed by atoms with Crippen LogP contribution in [0.1, 0.15) is 52.7 Å². The lowest BCUT2D eigenvalue weighted by Crippen LogP contribution is -2.36. The van der Waals surface area contributed by atoms with E-state index in [1.54, 1.807) is 36.5 Å². The Labute approximate surface area is 189 Å². The van der Waals surface area contributed by atoms with Crippen LogP contribution in [0.3, 0.4) is 0 Å². The van der Waals surface area contributed by atoms with Gasteiger partial charge in [-0.15, -0.1) is 11.3 Å². The third kappa shape index (κ3) is 4.29. The number of carbonyl (C=O) groups is 1. The largest absolute Gasteiger partial charge is 0.340 e. The highest BCUT2D eigenvalue weighted by atomic mass is 32.1. The maximum atomic E-state index is 13.2. The Morgan fingerprint density at radius 2 is 1.88 bits per heavy atom. The molecule has 0 aliphatic heterocycles. The molecule has 164 valence electrons. The molecule has 0 spiro atoms. The topological polar surface area (TPSA) is 84.0 Å². The molecule has 6 nitrogen and oxygen atoms in total. The molecule has 4 rings (SSSR count). The zero-order chi connectivity index (χ0) is 22.7. The van der Waals surface area contributed by atoms with Gasteiger partial charge >= 0.3 is 11.1 Å². The Balaban J connectivity index is 1.68. The van der Waals surface area contributed by atoms with Crippen molar-refractivity contribution >= 4 is 28.3 Å². The molecule has 2 N–H and O–H groups in total. The van der Waals surface area contributed by atoms with Gasteiger partial charge in [-0.05, 0) is 54.1 Å². The Morgan fingerprint density at radius 1 is 1.09 bits per heavy atom. The van der Waals surface area contributed by atoms with Crippen LogP contribution in [0.4, 0.5) is 0 Å². The first-order chi connectivity index (χ1) is 15.5. The Hall–Kier alpha value is -3.45. The van der Waals surface area contributed by atoms with Gasteiger partial charge in [-0.25, -0.2) is 0 Å². The van der Waals surface area contributed by atoms with E-state index >= 15 is 0 Å². The van der Waals surface area contributed by atoms with E-state index in [1.165, 1.54) is 10.1 Å². The molecule has 0 saturated heterocycles. The van der Waals surface area contributed by atoms with Crippen LogP contribution in [0.2, 0.25) is 0 Å². The zero-order valence-electron chi connectivity index (χ0n) is 18.1. The monoisotopic (exact) mass is 447 g/mol. The quantitative estimate of drug-likeness (QED) is 0.416. The Morgan fingerprint density at radius 3 is 2.53 bits per heavy atom. The van der Waals surface area contributed by atoms with Crippen LogP contribution in [0.5, 0.6) is 0 Å². The summed E-state index contributed by atoms with van der Waals surface area (Å²) in [6.07, 6.45) is 2.11. The fourth-order valence-electron chi connectivity index (χ4n) is 3.89. The van der Waals surface area contributed by atoms with Crippen molar-refractivity contribution in [3.63, 3.8) is 0 Å². The number of aromatic nitrogens is 2. The van der Waals surface area contributed by atoms with Gasteiger partial charge in [0.05, 0.1) is 17.1 Å². The number of hydrogen-bond donors (Lipinski definition) is 2. The number of H-pyrrole nitrogens is 1. The van der Waals surface area contributed by atoms with E-state index in [-0.39, 0.29) is 11.9 Å². The highest BCUT2D eigenvalue weighted by Gasteiger charge is 2.19. The number of nitrogens with one attached hydrogen (secondary N) is 2. The second-order valence-electron chi connectivity index (χ2n) is 7.65. The van der Waals surface area contributed by atoms with E-state index in [1.807, 2.05) is 17.5 Å². The van der Waals surface area contributed by atoms with Crippen LogP contribution in [0, 0.1) is 0 Å². The average Bonchev–Trinajstić information content (AvgIpc) is 3.33. The molecule has 1 unspecified atom stereocenters. The minimum Gasteiger partial charge on any atom is -0.340 e. The molecule has 7 heteroatoms. The average molecular weight is 448 g/mol. The van der Waals surface area contributed by atoms with Crippen LogP contribution in [0.15, 0.2) is 69.6 Å². The summed E-state index contributed by atoms with van der Waals surface area (Å²) in [6, 6.07) is 17.0. The highest BCUT2D eigenvalue weighted by Crippen LogP contribution is 2.27. The summed E-state index contributed by atoms with van der Waals surface area (Å²) in [5, 5.41) is 5.12. The van der Waals surface area contributed by atoms with Crippen molar-refractivity contribution in [3.05, 3.63) is 102 Å². The van der Waals surface area contributed by atoms with Gasteiger partial charge in [0, 0.05) is 17.0 Å². The first kappa shape index (κ1) is 21.8. The molecule has 2 aromatic carbocycles. The van der Waals surface area contributed by atoms with Crippen molar-refractivity contribution in [2.45, 2.75) is 39.3 Å². The molecular formula is C25H25N3O3S. The SMILES string of the molecule is CCCc1ccc(C(NC(=O)c2ccc3c(c2)[nH]c(=O)c(=O)n3CC)c2cccs2)cc1. The first-order valence-electron chi connectivity index (χ1n) is 10.7. The fourth-order valence-corrected chi connectivity index (χ4v) is 4.69. The molecule has 0 fully saturated rings. The van der Waals surface area contributed by atoms with Gasteiger partial charge in [-0.2, -0.15) is 0 Å². The van der Waals surface area contributed by atoms with Crippen LogP contribution < -0.4 is 16.4 Å². The Bertz CT molecular complexity index is 1350. The number of rotatable bonds is 7. The van der Waals surface area contributed by atoms with E-state index < -0.39 is 11.1 Å². The first-order valence-corrected chi connectivity index (χ1v) is 11.6. The maximum Gasteiger partial charge on any atom is 0.316 e. The summed E-state index contributed by atoms with van der Waals surface area (Å²) in [5.41, 5.74) is 2.46. The molecular weight excluding hydrogens is 422 g/mol. The third-order valence-electron chi connectivity index (χ3n) is 5.51. The summed E-state index contributed by atoms with van der Waals surface area (Å²) >= 11 is 1.59. The molecule has 4 aromatic rings. The predicted molar refractivity (Wildman–Crippen MR) is 129 cm³/mol. The lowest BCUT2D eigenvalue weighted by atomic mass is 10.0. The lowest BCUT2D eigenvalue weighted by molar-refractivity contribution is 0.0943. The van der Waals surface area contributed by atoms with Crippen molar-refractivity contribution in [3.8, 4) is 0 Å². The van der Waals surface area contributed by atoms with Gasteiger partial charge in [-0.3, -0.25) is 14.4 Å². The van der Waals surface area contributed by atoms with Crippen molar-refractivity contribution in [2.75, 3.05) is 0 Å². The van der Waals surface area contributed by atoms with Gasteiger partial charge in [-0.1, -0.05) is 43.7 Å². The number of amides is 1. The number of thiophene rings is 1. The molecule has 1 atom stereocenters. The number of nitrogens with zero attached hydrogens (tertiary/aromatic N) is 1. The number of fused-ring (bicyclic) bond motifs is 1. The lowest BCUT2D eigenvalue weighted by Gasteiger charge is -2.19. The number of aryl methyl sites for hydroxylation is 2. The van der Waals surface area contributed by atoms with Crippen LogP contribution in [-0.2, 0) is 13.0 Å². The molecule has 1 amide bonds. The van der Waals surface area contributed by atoms with Gasteiger partial charge < -0.3 is 14.9 Å². The van der Waals surface area contributed by atoms with Crippen LogP contribution in [-0.4, -0.2) is 15.5 Å². The third-order valence-corrected chi connectivity index (χ3v) is 6.45. The van der Waals surface area contributed by atoms with Gasteiger partial charge in [0.1, 0.15) is 0 Å². The van der Waals surface area contributed by atoms with E-state index in [4.69, 9.17) is 0 Å². The van der Waals surface area contributed by atoms with Crippen LogP contribution >= 0.6 is 11.3 Å². The van der Waals surface area contributed by atoms with E-state index in [0.29, 0.717) is 23.1 Å². The van der Waals surface area contributed by atoms with E-state index in [9.17, 15) is 14.4 Å². The second kappa shape index (κ2) is 9.36. The van der Waals surface area contributed by atoms with Gasteiger partial charge in [0.2, 0.25) is 0 Å². The number of benzene rings is 2. The molecule has 0 saturated carbocycles. The molecule has 2 heterocycles. The summed E-state index contributed by atoms with van der Waals surface area (Å²) in [5.74, 6) is -0.252. The van der Waals surface area contributed by atoms with Crippen molar-refractivity contribution in [1.29, 1.82) is 0 Å². The van der Waals surface area contributed by atoms with Gasteiger partial charge in [0.15, 0.2) is 0 Å². The summed E-state index contributed by atoms with van der Waals surface area (Å²) < 4.78 is 1.40. The minimum absolute atomic E-state index is 0.252. The molecule has 32 heavy (non-hydrogen) atoms. The van der Waals surface area contributed by atoms with E-state index in [2.05, 4.69) is 41.5 Å². The van der Waals surface area contributed by atoms with E-state index in [0.717, 1.165) is 23.3 Å². The number of carbonyl (C=O) groups excluding carboxylic acids is 1. The smallest absolute Gasteiger partial charge is 0.316 e.